The molecule has 0 aliphatic carbocycles. The zero-order valence-corrected chi connectivity index (χ0v) is 17.7. The zero-order valence-electron chi connectivity index (χ0n) is 13.1. The molecule has 0 saturated carbocycles. The second-order valence-corrected chi connectivity index (χ2v) is 8.39. The molecule has 0 fully saturated rings. The van der Waals surface area contributed by atoms with Crippen molar-refractivity contribution in [1.82, 2.24) is 15.5 Å². The first-order chi connectivity index (χ1) is 11.2. The normalized spacial score (nSPS) is 12.2. The van der Waals surface area contributed by atoms with E-state index in [-0.39, 0.29) is 11.1 Å². The van der Waals surface area contributed by atoms with Crippen LogP contribution in [0.2, 0.25) is 0 Å². The van der Waals surface area contributed by atoms with Gasteiger partial charge in [-0.2, -0.15) is 0 Å². The first-order valence-corrected chi connectivity index (χ1v) is 9.46. The zero-order chi connectivity index (χ0) is 18.3. The Kier molecular flexibility index (Phi) is 8.87. The first-order valence-electron chi connectivity index (χ1n) is 7.12. The summed E-state index contributed by atoms with van der Waals surface area (Å²) < 4.78 is -0.841. The first kappa shape index (κ1) is 21.6. The van der Waals surface area contributed by atoms with Crippen molar-refractivity contribution in [3.05, 3.63) is 28.7 Å². The number of hydrogen-bond donors (Lipinski definition) is 3. The maximum absolute atomic E-state index is 12.2. The Labute approximate surface area is 170 Å². The minimum atomic E-state index is -1.78. The number of rotatable bonds is 5. The van der Waals surface area contributed by atoms with Crippen molar-refractivity contribution in [2.24, 2.45) is 0 Å². The van der Waals surface area contributed by atoms with Gasteiger partial charge in [0.05, 0.1) is 0 Å². The number of nitrogens with one attached hydrogen (secondary N) is 3. The van der Waals surface area contributed by atoms with Gasteiger partial charge in [-0.15, -0.1) is 0 Å². The number of carbonyl (C=O) groups excluding carboxylic acids is 1. The van der Waals surface area contributed by atoms with E-state index in [4.69, 9.17) is 47.0 Å². The van der Waals surface area contributed by atoms with E-state index in [1.807, 2.05) is 38.1 Å². The Morgan fingerprint density at radius 2 is 1.75 bits per heavy atom. The van der Waals surface area contributed by atoms with E-state index in [0.29, 0.717) is 13.1 Å². The molecule has 5 nitrogen and oxygen atoms in total. The topological polar surface area (TPSA) is 56.4 Å². The van der Waals surface area contributed by atoms with Crippen molar-refractivity contribution >= 4 is 79.8 Å². The van der Waals surface area contributed by atoms with E-state index >= 15 is 0 Å². The van der Waals surface area contributed by atoms with Crippen molar-refractivity contribution in [2.75, 3.05) is 18.4 Å². The Morgan fingerprint density at radius 3 is 2.21 bits per heavy atom. The maximum Gasteiger partial charge on any atom is 0.319 e. The van der Waals surface area contributed by atoms with E-state index in [0.717, 1.165) is 10.2 Å². The Balaban J connectivity index is 2.73. The SMILES string of the molecule is CCN(CC)C(=O)N[C@@H](NC(=S)Nc1ccc(Br)cc1)C(Cl)(Cl)Cl. The van der Waals surface area contributed by atoms with E-state index in [1.54, 1.807) is 4.90 Å². The van der Waals surface area contributed by atoms with Gasteiger partial charge in [0.2, 0.25) is 3.79 Å². The van der Waals surface area contributed by atoms with Gasteiger partial charge in [-0.1, -0.05) is 50.7 Å². The van der Waals surface area contributed by atoms with Crippen LogP contribution >= 0.6 is 63.0 Å². The van der Waals surface area contributed by atoms with E-state index in [2.05, 4.69) is 31.9 Å². The molecule has 0 bridgehead atoms. The van der Waals surface area contributed by atoms with Crippen LogP contribution in [0.5, 0.6) is 0 Å². The predicted octanol–water partition coefficient (Wildman–Crippen LogP) is 4.48. The van der Waals surface area contributed by atoms with Gasteiger partial charge in [-0.05, 0) is 50.3 Å². The average molecular weight is 477 g/mol. The summed E-state index contributed by atoms with van der Waals surface area (Å²) in [7, 11) is 0. The highest BCUT2D eigenvalue weighted by molar-refractivity contribution is 9.10. The third kappa shape index (κ3) is 7.19. The highest BCUT2D eigenvalue weighted by Gasteiger charge is 2.35. The number of amides is 2. The van der Waals surface area contributed by atoms with Gasteiger partial charge in [-0.25, -0.2) is 4.79 Å². The molecule has 1 rings (SSSR count). The standard InChI is InChI=1S/C14H18BrCl3N4OS/c1-3-22(4-2)13(23)21-11(14(16,17)18)20-12(24)19-10-7-5-9(15)6-8-10/h5-8,11H,3-4H2,1-2H3,(H,21,23)(H2,19,20,24)/t11-/m1/s1. The highest BCUT2D eigenvalue weighted by Crippen LogP contribution is 2.29. The van der Waals surface area contributed by atoms with Crippen LogP contribution in [0.4, 0.5) is 10.5 Å². The molecular formula is C14H18BrCl3N4OS. The molecule has 24 heavy (non-hydrogen) atoms. The van der Waals surface area contributed by atoms with Gasteiger partial charge < -0.3 is 20.9 Å². The van der Waals surface area contributed by atoms with Gasteiger partial charge in [0.15, 0.2) is 11.3 Å². The second kappa shape index (κ2) is 9.87. The molecule has 2 amide bonds. The average Bonchev–Trinajstić information content (AvgIpc) is 2.49. The largest absolute Gasteiger partial charge is 0.339 e. The molecule has 0 heterocycles. The summed E-state index contributed by atoms with van der Waals surface area (Å²) in [6, 6.07) is 7.03. The quantitative estimate of drug-likeness (QED) is 0.333. The maximum atomic E-state index is 12.2. The summed E-state index contributed by atoms with van der Waals surface area (Å²) in [4.78, 5) is 13.7. The van der Waals surface area contributed by atoms with Gasteiger partial charge in [-0.3, -0.25) is 0 Å². The lowest BCUT2D eigenvalue weighted by molar-refractivity contribution is 0.198. The van der Waals surface area contributed by atoms with Crippen LogP contribution in [0.3, 0.4) is 0 Å². The third-order valence-electron chi connectivity index (χ3n) is 3.02. The summed E-state index contributed by atoms with van der Waals surface area (Å²) in [5.41, 5.74) is 0.758. The molecule has 10 heteroatoms. The molecule has 1 atom stereocenters. The summed E-state index contributed by atoms with van der Waals surface area (Å²) in [5, 5.41) is 8.61. The molecule has 0 aliphatic heterocycles. The van der Waals surface area contributed by atoms with Crippen LogP contribution in [-0.4, -0.2) is 39.1 Å². The number of thiocarbonyl (C=S) groups is 1. The molecular weight excluding hydrogens is 459 g/mol. The highest BCUT2D eigenvalue weighted by atomic mass is 79.9. The number of nitrogens with zero attached hydrogens (tertiary/aromatic N) is 1. The summed E-state index contributed by atoms with van der Waals surface area (Å²) in [6.45, 7) is 4.80. The number of carbonyl (C=O) groups is 1. The van der Waals surface area contributed by atoms with Crippen LogP contribution in [-0.2, 0) is 0 Å². The predicted molar refractivity (Wildman–Crippen MR) is 109 cm³/mol. The smallest absolute Gasteiger partial charge is 0.319 e. The molecule has 0 unspecified atom stereocenters. The van der Waals surface area contributed by atoms with Crippen LogP contribution in [0.1, 0.15) is 13.8 Å². The minimum Gasteiger partial charge on any atom is -0.339 e. The Morgan fingerprint density at radius 1 is 1.21 bits per heavy atom. The van der Waals surface area contributed by atoms with Crippen LogP contribution in [0, 0.1) is 0 Å². The van der Waals surface area contributed by atoms with Gasteiger partial charge in [0, 0.05) is 23.2 Å². The lowest BCUT2D eigenvalue weighted by Gasteiger charge is -2.30. The van der Waals surface area contributed by atoms with E-state index < -0.39 is 9.96 Å². The van der Waals surface area contributed by atoms with E-state index in [9.17, 15) is 4.79 Å². The van der Waals surface area contributed by atoms with Crippen molar-refractivity contribution in [3.63, 3.8) is 0 Å². The molecule has 0 saturated heterocycles. The number of benzene rings is 1. The van der Waals surface area contributed by atoms with Crippen molar-refractivity contribution in [2.45, 2.75) is 23.8 Å². The Hall–Kier alpha value is -0.470. The fourth-order valence-electron chi connectivity index (χ4n) is 1.76. The van der Waals surface area contributed by atoms with Crippen molar-refractivity contribution in [1.29, 1.82) is 0 Å². The van der Waals surface area contributed by atoms with Crippen LogP contribution < -0.4 is 16.0 Å². The molecule has 1 aromatic rings. The van der Waals surface area contributed by atoms with Crippen LogP contribution in [0.15, 0.2) is 28.7 Å². The molecule has 0 aromatic heterocycles. The molecule has 0 radical (unpaired) electrons. The van der Waals surface area contributed by atoms with Crippen LogP contribution in [0.25, 0.3) is 0 Å². The van der Waals surface area contributed by atoms with E-state index in [1.165, 1.54) is 0 Å². The van der Waals surface area contributed by atoms with Crippen molar-refractivity contribution < 1.29 is 4.79 Å². The number of urea groups is 1. The number of hydrogen-bond acceptors (Lipinski definition) is 2. The van der Waals surface area contributed by atoms with Gasteiger partial charge >= 0.3 is 6.03 Å². The minimum absolute atomic E-state index is 0.216. The summed E-state index contributed by atoms with van der Waals surface area (Å²) in [5.74, 6) is 0. The number of halogens is 4. The molecule has 134 valence electrons. The van der Waals surface area contributed by atoms with Gasteiger partial charge in [0.25, 0.3) is 0 Å². The number of alkyl halides is 3. The Bertz CT molecular complexity index is 564. The fraction of sp³-hybridized carbons (Fsp3) is 0.429. The summed E-state index contributed by atoms with van der Waals surface area (Å²) >= 11 is 26.4. The van der Waals surface area contributed by atoms with Gasteiger partial charge in [0.1, 0.15) is 0 Å². The molecule has 1 aromatic carbocycles. The number of anilines is 1. The molecule has 0 spiro atoms. The van der Waals surface area contributed by atoms with Crippen molar-refractivity contribution in [3.8, 4) is 0 Å². The molecule has 3 N–H and O–H groups in total. The monoisotopic (exact) mass is 474 g/mol. The second-order valence-electron chi connectivity index (χ2n) is 4.70. The lowest BCUT2D eigenvalue weighted by Crippen LogP contribution is -2.58. The third-order valence-corrected chi connectivity index (χ3v) is 4.43. The fourth-order valence-corrected chi connectivity index (χ4v) is 2.58. The summed E-state index contributed by atoms with van der Waals surface area (Å²) in [6.07, 6.45) is -0.994. The molecule has 0 aliphatic rings. The lowest BCUT2D eigenvalue weighted by atomic mass is 10.3.